The van der Waals surface area contributed by atoms with Crippen molar-refractivity contribution in [2.75, 3.05) is 7.11 Å². The van der Waals surface area contributed by atoms with Gasteiger partial charge in [-0.3, -0.25) is 4.79 Å². The van der Waals surface area contributed by atoms with Crippen LogP contribution >= 0.6 is 11.8 Å². The van der Waals surface area contributed by atoms with Crippen molar-refractivity contribution in [3.63, 3.8) is 0 Å². The van der Waals surface area contributed by atoms with Crippen LogP contribution in [0, 0.1) is 0 Å². The lowest BCUT2D eigenvalue weighted by molar-refractivity contribution is 0.261. The normalized spacial score (nSPS) is 17.3. The Kier molecular flexibility index (Phi) is 3.93. The van der Waals surface area contributed by atoms with E-state index in [0.29, 0.717) is 0 Å². The minimum atomic E-state index is -0.129. The van der Waals surface area contributed by atoms with E-state index in [1.54, 1.807) is 7.11 Å². The van der Waals surface area contributed by atoms with Crippen LogP contribution in [0.5, 0.6) is 5.75 Å². The third-order valence-electron chi connectivity index (χ3n) is 4.08. The van der Waals surface area contributed by atoms with Gasteiger partial charge in [0.25, 0.3) is 5.24 Å². The minimum absolute atomic E-state index is 0.00108. The summed E-state index contributed by atoms with van der Waals surface area (Å²) in [5.41, 5.74) is 7.00. The lowest BCUT2D eigenvalue weighted by Gasteiger charge is -2.18. The van der Waals surface area contributed by atoms with Crippen molar-refractivity contribution >= 4 is 33.7 Å². The zero-order chi connectivity index (χ0) is 17.4. The molecule has 0 fully saturated rings. The zero-order valence-corrected chi connectivity index (χ0v) is 14.6. The number of hydrazone groups is 1. The molecule has 2 N–H and O–H groups in total. The van der Waals surface area contributed by atoms with Gasteiger partial charge in [-0.1, -0.05) is 30.0 Å². The number of amides is 1. The van der Waals surface area contributed by atoms with Crippen LogP contribution in [0.3, 0.4) is 0 Å². The summed E-state index contributed by atoms with van der Waals surface area (Å²) in [6.07, 6.45) is 0. The van der Waals surface area contributed by atoms with Crippen molar-refractivity contribution in [2.45, 2.75) is 12.2 Å². The van der Waals surface area contributed by atoms with Crippen molar-refractivity contribution in [2.24, 2.45) is 5.10 Å². The van der Waals surface area contributed by atoms with Gasteiger partial charge >= 0.3 is 0 Å². The fourth-order valence-electron chi connectivity index (χ4n) is 2.87. The summed E-state index contributed by atoms with van der Waals surface area (Å²) in [5, 5.41) is 4.07. The highest BCUT2D eigenvalue weighted by atomic mass is 32.2. The van der Waals surface area contributed by atoms with Crippen LogP contribution < -0.4 is 10.2 Å². The molecule has 1 amide bonds. The molecular weight excluding hydrogens is 336 g/mol. The molecule has 6 nitrogen and oxygen atoms in total. The lowest BCUT2D eigenvalue weighted by Crippen LogP contribution is -2.29. The maximum atomic E-state index is 11.4. The Morgan fingerprint density at radius 1 is 1.20 bits per heavy atom. The van der Waals surface area contributed by atoms with Crippen LogP contribution in [0.15, 0.2) is 47.6 Å². The Hall–Kier alpha value is -2.80. The molecule has 25 heavy (non-hydrogen) atoms. The fraction of sp³-hybridized carbons (Fsp3) is 0.167. The number of imidazole rings is 1. The number of carbonyl (C=O) groups excluding carboxylic acids is 1. The van der Waals surface area contributed by atoms with Crippen molar-refractivity contribution in [1.82, 2.24) is 15.4 Å². The average Bonchev–Trinajstić information content (AvgIpc) is 3.04. The predicted octanol–water partition coefficient (Wildman–Crippen LogP) is 3.79. The number of H-pyrrole nitrogens is 1. The molecule has 1 aromatic heterocycles. The van der Waals surface area contributed by atoms with Crippen molar-refractivity contribution in [3.05, 3.63) is 48.0 Å². The first-order valence-corrected chi connectivity index (χ1v) is 8.71. The van der Waals surface area contributed by atoms with Crippen molar-refractivity contribution < 1.29 is 9.53 Å². The summed E-state index contributed by atoms with van der Waals surface area (Å²) in [4.78, 5) is 19.4. The van der Waals surface area contributed by atoms with Gasteiger partial charge in [-0.25, -0.2) is 10.4 Å². The number of hydrogen-bond donors (Lipinski definition) is 2. The number of nitrogens with one attached hydrogen (secondary N) is 2. The second kappa shape index (κ2) is 6.25. The van der Waals surface area contributed by atoms with E-state index >= 15 is 0 Å². The van der Waals surface area contributed by atoms with Crippen molar-refractivity contribution in [1.29, 1.82) is 0 Å². The fourth-order valence-corrected chi connectivity index (χ4v) is 3.59. The number of aromatic amines is 1. The van der Waals surface area contributed by atoms with Gasteiger partial charge < -0.3 is 9.72 Å². The van der Waals surface area contributed by atoms with E-state index in [9.17, 15) is 4.79 Å². The number of rotatable bonds is 3. The molecule has 0 saturated carbocycles. The highest BCUT2D eigenvalue weighted by molar-refractivity contribution is 8.14. The topological polar surface area (TPSA) is 79.4 Å². The number of carbonyl (C=O) groups is 1. The molecule has 1 unspecified atom stereocenters. The van der Waals surface area contributed by atoms with Gasteiger partial charge in [-0.15, -0.1) is 0 Å². The molecule has 7 heteroatoms. The standard InChI is InChI=1S/C18H16N4O2S/c1-10-16(21-22-18(23)25-10)11-7-8-13-14(9-11)20-17(19-13)12-5-3-4-6-15(12)24-2/h3-10H,1-2H3,(H,19,20)(H,22,23). The number of methoxy groups -OCH3 is 1. The Bertz CT molecular complexity index is 996. The van der Waals surface area contributed by atoms with Gasteiger partial charge in [-0.2, -0.15) is 5.10 Å². The molecular formula is C18H16N4O2S. The van der Waals surface area contributed by atoms with Gasteiger partial charge in [0, 0.05) is 5.56 Å². The van der Waals surface area contributed by atoms with Crippen LogP contribution in [0.25, 0.3) is 22.4 Å². The molecule has 1 aliphatic heterocycles. The minimum Gasteiger partial charge on any atom is -0.496 e. The largest absolute Gasteiger partial charge is 0.496 e. The van der Waals surface area contributed by atoms with E-state index in [-0.39, 0.29) is 10.5 Å². The molecule has 0 bridgehead atoms. The molecule has 2 aromatic carbocycles. The zero-order valence-electron chi connectivity index (χ0n) is 13.7. The Labute approximate surface area is 148 Å². The van der Waals surface area contributed by atoms with Gasteiger partial charge in [0.05, 0.1) is 34.7 Å². The van der Waals surface area contributed by atoms with Gasteiger partial charge in [0.1, 0.15) is 11.6 Å². The SMILES string of the molecule is COc1ccccc1-c1nc2cc(C3=NNC(=O)SC3C)ccc2[nH]1. The van der Waals surface area contributed by atoms with Crippen LogP contribution in [-0.4, -0.2) is 33.3 Å². The first-order chi connectivity index (χ1) is 12.2. The molecule has 0 spiro atoms. The summed E-state index contributed by atoms with van der Waals surface area (Å²) >= 11 is 1.23. The molecule has 0 radical (unpaired) electrons. The maximum absolute atomic E-state index is 11.4. The molecule has 0 saturated heterocycles. The van der Waals surface area contributed by atoms with E-state index in [1.807, 2.05) is 49.4 Å². The van der Waals surface area contributed by atoms with E-state index in [0.717, 1.165) is 39.4 Å². The average molecular weight is 352 g/mol. The summed E-state index contributed by atoms with van der Waals surface area (Å²) in [6, 6.07) is 13.7. The second-order valence-corrected chi connectivity index (χ2v) is 6.99. The Morgan fingerprint density at radius 2 is 2.04 bits per heavy atom. The number of thioether (sulfide) groups is 1. The van der Waals surface area contributed by atoms with E-state index in [4.69, 9.17) is 9.72 Å². The van der Waals surface area contributed by atoms with E-state index < -0.39 is 0 Å². The van der Waals surface area contributed by atoms with Gasteiger partial charge in [0.2, 0.25) is 0 Å². The highest BCUT2D eigenvalue weighted by Gasteiger charge is 2.23. The number of ether oxygens (including phenoxy) is 1. The number of fused-ring (bicyclic) bond motifs is 1. The molecule has 4 rings (SSSR count). The quantitative estimate of drug-likeness (QED) is 0.752. The van der Waals surface area contributed by atoms with E-state index in [1.165, 1.54) is 11.8 Å². The predicted molar refractivity (Wildman–Crippen MR) is 100 cm³/mol. The number of hydrogen-bond acceptors (Lipinski definition) is 5. The van der Waals surface area contributed by atoms with Crippen LogP contribution in [0.1, 0.15) is 12.5 Å². The van der Waals surface area contributed by atoms with Crippen LogP contribution in [0.2, 0.25) is 0 Å². The molecule has 126 valence electrons. The number of benzene rings is 2. The number of aromatic nitrogens is 2. The maximum Gasteiger partial charge on any atom is 0.299 e. The van der Waals surface area contributed by atoms with E-state index in [2.05, 4.69) is 15.5 Å². The molecule has 0 aliphatic carbocycles. The van der Waals surface area contributed by atoms with Crippen LogP contribution in [0.4, 0.5) is 4.79 Å². The highest BCUT2D eigenvalue weighted by Crippen LogP contribution is 2.30. The van der Waals surface area contributed by atoms with Crippen LogP contribution in [-0.2, 0) is 0 Å². The molecule has 1 atom stereocenters. The van der Waals surface area contributed by atoms with Crippen molar-refractivity contribution in [3.8, 4) is 17.1 Å². The number of nitrogens with zero attached hydrogens (tertiary/aromatic N) is 2. The van der Waals surface area contributed by atoms with Gasteiger partial charge in [-0.05, 0) is 31.2 Å². The third kappa shape index (κ3) is 2.87. The monoisotopic (exact) mass is 352 g/mol. The smallest absolute Gasteiger partial charge is 0.299 e. The number of para-hydroxylation sites is 1. The summed E-state index contributed by atoms with van der Waals surface area (Å²) < 4.78 is 5.42. The Balaban J connectivity index is 1.76. The third-order valence-corrected chi connectivity index (χ3v) is 4.96. The Morgan fingerprint density at radius 3 is 2.84 bits per heavy atom. The molecule has 1 aliphatic rings. The summed E-state index contributed by atoms with van der Waals surface area (Å²) in [6.45, 7) is 1.97. The lowest BCUT2D eigenvalue weighted by atomic mass is 10.1. The second-order valence-electron chi connectivity index (χ2n) is 5.67. The summed E-state index contributed by atoms with van der Waals surface area (Å²) in [7, 11) is 1.65. The first kappa shape index (κ1) is 15.7. The first-order valence-electron chi connectivity index (χ1n) is 7.83. The molecule has 2 heterocycles. The molecule has 3 aromatic rings. The summed E-state index contributed by atoms with van der Waals surface area (Å²) in [5.74, 6) is 1.53. The van der Waals surface area contributed by atoms with Gasteiger partial charge in [0.15, 0.2) is 0 Å².